The summed E-state index contributed by atoms with van der Waals surface area (Å²) < 4.78 is 0. The second-order valence-corrected chi connectivity index (χ2v) is 7.79. The van der Waals surface area contributed by atoms with Gasteiger partial charge in [-0.2, -0.15) is 0 Å². The lowest BCUT2D eigenvalue weighted by molar-refractivity contribution is 0.0703. The van der Waals surface area contributed by atoms with Gasteiger partial charge in [-0.1, -0.05) is 43.3 Å². The Morgan fingerprint density at radius 1 is 1.19 bits per heavy atom. The number of anilines is 1. The molecule has 26 heavy (non-hydrogen) atoms. The highest BCUT2D eigenvalue weighted by atomic mass is 32.1. The summed E-state index contributed by atoms with van der Waals surface area (Å²) in [6, 6.07) is 14.0. The quantitative estimate of drug-likeness (QED) is 0.488. The maximum Gasteiger partial charge on any atom is 0.348 e. The van der Waals surface area contributed by atoms with Crippen LogP contribution in [0, 0.1) is 0 Å². The Bertz CT molecular complexity index is 1100. The highest BCUT2D eigenvalue weighted by molar-refractivity contribution is 7.21. The molecule has 0 atom stereocenters. The van der Waals surface area contributed by atoms with E-state index in [1.807, 2.05) is 47.8 Å². The molecule has 0 fully saturated rings. The zero-order chi connectivity index (χ0) is 18.3. The summed E-state index contributed by atoms with van der Waals surface area (Å²) in [7, 11) is 0. The van der Waals surface area contributed by atoms with Crippen LogP contribution in [-0.4, -0.2) is 16.1 Å². The molecule has 0 saturated carbocycles. The summed E-state index contributed by atoms with van der Waals surface area (Å²) in [6.07, 6.45) is 0.776. The molecule has 4 rings (SSSR count). The Balaban J connectivity index is 2.18. The fourth-order valence-corrected chi connectivity index (χ4v) is 4.92. The van der Waals surface area contributed by atoms with Gasteiger partial charge in [0.25, 0.3) is 0 Å². The van der Waals surface area contributed by atoms with E-state index in [1.54, 1.807) is 11.3 Å². The maximum absolute atomic E-state index is 11.6. The van der Waals surface area contributed by atoms with Gasteiger partial charge in [0.1, 0.15) is 9.71 Å². The lowest BCUT2D eigenvalue weighted by Crippen LogP contribution is -2.00. The normalized spacial score (nSPS) is 11.1. The van der Waals surface area contributed by atoms with E-state index in [4.69, 9.17) is 10.7 Å². The first-order valence-electron chi connectivity index (χ1n) is 8.19. The van der Waals surface area contributed by atoms with E-state index in [1.165, 1.54) is 0 Å². The topological polar surface area (TPSA) is 76.2 Å². The van der Waals surface area contributed by atoms with E-state index in [9.17, 15) is 9.90 Å². The number of hydrogen-bond acceptors (Lipinski definition) is 5. The van der Waals surface area contributed by atoms with Crippen LogP contribution in [-0.2, 0) is 6.42 Å². The molecule has 3 heterocycles. The van der Waals surface area contributed by atoms with Gasteiger partial charge in [0.15, 0.2) is 0 Å². The highest BCUT2D eigenvalue weighted by Gasteiger charge is 2.24. The van der Waals surface area contributed by atoms with Crippen LogP contribution < -0.4 is 5.73 Å². The average Bonchev–Trinajstić information content (AvgIpc) is 3.29. The van der Waals surface area contributed by atoms with Crippen LogP contribution in [0.4, 0.5) is 5.69 Å². The van der Waals surface area contributed by atoms with E-state index >= 15 is 0 Å². The summed E-state index contributed by atoms with van der Waals surface area (Å²) in [5.74, 6) is -1.01. The van der Waals surface area contributed by atoms with Crippen molar-refractivity contribution in [1.29, 1.82) is 0 Å². The number of rotatable bonds is 4. The fourth-order valence-electron chi connectivity index (χ4n) is 3.23. The number of nitrogens with zero attached hydrogens (tertiary/aromatic N) is 1. The van der Waals surface area contributed by atoms with Crippen LogP contribution in [0.25, 0.3) is 31.9 Å². The summed E-state index contributed by atoms with van der Waals surface area (Å²) in [5.41, 5.74) is 10.6. The lowest BCUT2D eigenvalue weighted by atomic mass is 9.93. The standard InChI is InChI=1S/C20H16N2O2S2/c1-2-12-14(11-7-4-3-5-8-11)15-16(21)18(20(23)24)26-19(15)22-17(12)13-9-6-10-25-13/h3-10H,2,21H2,1H3,(H,23,24). The first-order chi connectivity index (χ1) is 12.6. The average molecular weight is 380 g/mol. The predicted octanol–water partition coefficient (Wildman–Crippen LogP) is 5.53. The van der Waals surface area contributed by atoms with Crippen molar-refractivity contribution in [2.75, 3.05) is 5.73 Å². The van der Waals surface area contributed by atoms with E-state index in [0.29, 0.717) is 10.5 Å². The Morgan fingerprint density at radius 3 is 2.58 bits per heavy atom. The number of pyridine rings is 1. The zero-order valence-electron chi connectivity index (χ0n) is 14.0. The molecule has 3 N–H and O–H groups in total. The molecule has 0 aliphatic heterocycles. The molecular formula is C20H16N2O2S2. The van der Waals surface area contributed by atoms with Crippen molar-refractivity contribution in [2.24, 2.45) is 0 Å². The van der Waals surface area contributed by atoms with Crippen LogP contribution in [0.2, 0.25) is 0 Å². The molecule has 0 aliphatic carbocycles. The van der Waals surface area contributed by atoms with E-state index < -0.39 is 5.97 Å². The van der Waals surface area contributed by atoms with E-state index in [0.717, 1.165) is 50.4 Å². The minimum absolute atomic E-state index is 0.148. The van der Waals surface area contributed by atoms with Crippen molar-refractivity contribution in [1.82, 2.24) is 4.98 Å². The number of fused-ring (bicyclic) bond motifs is 1. The van der Waals surface area contributed by atoms with Crippen molar-refractivity contribution in [3.05, 3.63) is 58.3 Å². The molecule has 1 aromatic carbocycles. The van der Waals surface area contributed by atoms with E-state index in [-0.39, 0.29) is 4.88 Å². The highest BCUT2D eigenvalue weighted by Crippen LogP contribution is 2.44. The lowest BCUT2D eigenvalue weighted by Gasteiger charge is -2.15. The van der Waals surface area contributed by atoms with Gasteiger partial charge in [0.05, 0.1) is 16.3 Å². The molecule has 0 radical (unpaired) electrons. The minimum atomic E-state index is -1.01. The molecule has 0 unspecified atom stereocenters. The number of benzene rings is 1. The van der Waals surface area contributed by atoms with Crippen molar-refractivity contribution in [2.45, 2.75) is 13.3 Å². The third kappa shape index (κ3) is 2.58. The van der Waals surface area contributed by atoms with Gasteiger partial charge in [0, 0.05) is 5.39 Å². The molecule has 0 amide bonds. The van der Waals surface area contributed by atoms with E-state index in [2.05, 4.69) is 6.92 Å². The largest absolute Gasteiger partial charge is 0.477 e. The number of carboxylic acid groups (broad SMARTS) is 1. The van der Waals surface area contributed by atoms with Crippen LogP contribution in [0.3, 0.4) is 0 Å². The van der Waals surface area contributed by atoms with Crippen molar-refractivity contribution >= 4 is 44.5 Å². The molecule has 0 saturated heterocycles. The van der Waals surface area contributed by atoms with Gasteiger partial charge in [-0.15, -0.1) is 22.7 Å². The molecule has 0 aliphatic rings. The van der Waals surface area contributed by atoms with Crippen LogP contribution >= 0.6 is 22.7 Å². The van der Waals surface area contributed by atoms with Crippen LogP contribution in [0.1, 0.15) is 22.2 Å². The minimum Gasteiger partial charge on any atom is -0.477 e. The molecule has 3 aromatic heterocycles. The number of carboxylic acids is 1. The van der Waals surface area contributed by atoms with Gasteiger partial charge in [-0.05, 0) is 34.6 Å². The smallest absolute Gasteiger partial charge is 0.348 e. The molecule has 130 valence electrons. The SMILES string of the molecule is CCc1c(-c2cccs2)nc2sc(C(=O)O)c(N)c2c1-c1ccccc1. The number of nitrogens with two attached hydrogens (primary N) is 1. The molecule has 0 bridgehead atoms. The monoisotopic (exact) mass is 380 g/mol. The second kappa shape index (κ2) is 6.55. The van der Waals surface area contributed by atoms with Crippen molar-refractivity contribution < 1.29 is 9.90 Å². The molecule has 0 spiro atoms. The van der Waals surface area contributed by atoms with Crippen LogP contribution in [0.5, 0.6) is 0 Å². The summed E-state index contributed by atoms with van der Waals surface area (Å²) in [6.45, 7) is 2.09. The summed E-state index contributed by atoms with van der Waals surface area (Å²) >= 11 is 2.77. The van der Waals surface area contributed by atoms with Gasteiger partial charge < -0.3 is 10.8 Å². The Kier molecular flexibility index (Phi) is 4.22. The summed E-state index contributed by atoms with van der Waals surface area (Å²) in [5, 5.41) is 12.3. The number of aromatic carboxylic acids is 1. The Morgan fingerprint density at radius 2 is 1.96 bits per heavy atom. The third-order valence-electron chi connectivity index (χ3n) is 4.34. The molecular weight excluding hydrogens is 364 g/mol. The van der Waals surface area contributed by atoms with Gasteiger partial charge in [-0.3, -0.25) is 0 Å². The first-order valence-corrected chi connectivity index (χ1v) is 9.88. The van der Waals surface area contributed by atoms with Crippen molar-refractivity contribution in [3.63, 3.8) is 0 Å². The summed E-state index contributed by atoms with van der Waals surface area (Å²) in [4.78, 5) is 18.3. The Labute approximate surface area is 158 Å². The first kappa shape index (κ1) is 16.8. The van der Waals surface area contributed by atoms with Gasteiger partial charge in [0.2, 0.25) is 0 Å². The zero-order valence-corrected chi connectivity index (χ0v) is 15.7. The number of hydrogen-bond donors (Lipinski definition) is 2. The van der Waals surface area contributed by atoms with Gasteiger partial charge in [-0.25, -0.2) is 9.78 Å². The third-order valence-corrected chi connectivity index (χ3v) is 6.31. The van der Waals surface area contributed by atoms with Gasteiger partial charge >= 0.3 is 5.97 Å². The number of nitrogen functional groups attached to an aromatic ring is 1. The van der Waals surface area contributed by atoms with Crippen LogP contribution in [0.15, 0.2) is 47.8 Å². The predicted molar refractivity (Wildman–Crippen MR) is 109 cm³/mol. The second-order valence-electron chi connectivity index (χ2n) is 5.84. The number of carbonyl (C=O) groups is 1. The number of thiophene rings is 2. The molecule has 6 heteroatoms. The molecule has 4 nitrogen and oxygen atoms in total. The van der Waals surface area contributed by atoms with Crippen molar-refractivity contribution in [3.8, 4) is 21.7 Å². The number of aromatic nitrogens is 1. The maximum atomic E-state index is 11.6. The molecule has 4 aromatic rings. The Hall–Kier alpha value is -2.70. The fraction of sp³-hybridized carbons (Fsp3) is 0.100.